The molecule has 0 fully saturated rings. The van der Waals surface area contributed by atoms with E-state index in [2.05, 4.69) is 52.9 Å². The van der Waals surface area contributed by atoms with Gasteiger partial charge in [0.15, 0.2) is 6.54 Å². The van der Waals surface area contributed by atoms with Gasteiger partial charge in [-0.15, -0.1) is 0 Å². The number of ether oxygens (including phenoxy) is 1. The Balaban J connectivity index is 1.48. The van der Waals surface area contributed by atoms with E-state index in [1.54, 1.807) is 7.11 Å². The van der Waals surface area contributed by atoms with Crippen LogP contribution >= 0.6 is 0 Å². The Morgan fingerprint density at radius 3 is 2.47 bits per heavy atom. The summed E-state index contributed by atoms with van der Waals surface area (Å²) in [6.07, 6.45) is 2.05. The van der Waals surface area contributed by atoms with Crippen LogP contribution in [0.4, 0.5) is 0 Å². The number of aromatic amines is 1. The van der Waals surface area contributed by atoms with Crippen molar-refractivity contribution < 1.29 is 14.4 Å². The second-order valence-electron chi connectivity index (χ2n) is 8.22. The highest BCUT2D eigenvalue weighted by atomic mass is 16.5. The van der Waals surface area contributed by atoms with Crippen LogP contribution in [0.15, 0.2) is 85.1 Å². The monoisotopic (exact) mass is 428 g/mol. The molecule has 0 saturated carbocycles. The van der Waals surface area contributed by atoms with E-state index in [1.807, 2.05) is 49.5 Å². The second kappa shape index (κ2) is 10.2. The van der Waals surface area contributed by atoms with Gasteiger partial charge < -0.3 is 19.9 Å². The summed E-state index contributed by atoms with van der Waals surface area (Å²) < 4.78 is 5.32. The maximum Gasteiger partial charge on any atom is 0.275 e. The molecular formula is C27H30N3O2+. The average molecular weight is 429 g/mol. The number of carbonyl (C=O) groups excluding carboxylic acids is 1. The fraction of sp³-hybridized carbons (Fsp3) is 0.222. The number of rotatable bonds is 9. The van der Waals surface area contributed by atoms with Gasteiger partial charge in [0.05, 0.1) is 14.2 Å². The lowest BCUT2D eigenvalue weighted by Crippen LogP contribution is -3.08. The molecule has 0 aliphatic heterocycles. The summed E-state index contributed by atoms with van der Waals surface area (Å²) in [7, 11) is 3.72. The smallest absolute Gasteiger partial charge is 0.275 e. The van der Waals surface area contributed by atoms with Crippen molar-refractivity contribution in [3.05, 3.63) is 102 Å². The van der Waals surface area contributed by atoms with Gasteiger partial charge in [0.1, 0.15) is 12.3 Å². The number of H-pyrrole nitrogens is 1. The summed E-state index contributed by atoms with van der Waals surface area (Å²) in [4.78, 5) is 17.3. The molecule has 4 rings (SSSR count). The summed E-state index contributed by atoms with van der Waals surface area (Å²) in [5, 5.41) is 4.35. The molecule has 4 aromatic rings. The summed E-state index contributed by atoms with van der Waals surface area (Å²) in [6.45, 7) is 1.78. The molecule has 3 N–H and O–H groups in total. The highest BCUT2D eigenvalue weighted by Crippen LogP contribution is 2.31. The number of carbonyl (C=O) groups is 1. The maximum absolute atomic E-state index is 12.8. The maximum atomic E-state index is 12.8. The number of para-hydroxylation sites is 1. The minimum absolute atomic E-state index is 0.0374. The first-order valence-corrected chi connectivity index (χ1v) is 11.0. The highest BCUT2D eigenvalue weighted by molar-refractivity contribution is 5.84. The van der Waals surface area contributed by atoms with E-state index >= 15 is 0 Å². The number of amides is 1. The first kappa shape index (κ1) is 21.7. The quantitative estimate of drug-likeness (QED) is 0.384. The van der Waals surface area contributed by atoms with Crippen LogP contribution in [0.5, 0.6) is 5.75 Å². The Hall–Kier alpha value is -3.57. The van der Waals surface area contributed by atoms with E-state index in [4.69, 9.17) is 4.74 Å². The van der Waals surface area contributed by atoms with Gasteiger partial charge in [-0.2, -0.15) is 0 Å². The van der Waals surface area contributed by atoms with E-state index in [0.717, 1.165) is 28.3 Å². The van der Waals surface area contributed by atoms with E-state index in [-0.39, 0.29) is 11.8 Å². The summed E-state index contributed by atoms with van der Waals surface area (Å²) in [5.74, 6) is 0.911. The minimum Gasteiger partial charge on any atom is -0.497 e. The van der Waals surface area contributed by atoms with Gasteiger partial charge in [-0.25, -0.2) is 0 Å². The van der Waals surface area contributed by atoms with Crippen molar-refractivity contribution in [1.82, 2.24) is 10.3 Å². The Kier molecular flexibility index (Phi) is 6.87. The molecule has 0 aliphatic rings. The largest absolute Gasteiger partial charge is 0.497 e. The fourth-order valence-corrected chi connectivity index (χ4v) is 4.19. The second-order valence-corrected chi connectivity index (χ2v) is 8.22. The number of likely N-dealkylation sites (N-methyl/N-ethyl adjacent to an activating group) is 1. The lowest BCUT2D eigenvalue weighted by molar-refractivity contribution is -0.885. The number of benzene rings is 3. The first-order chi connectivity index (χ1) is 15.6. The molecule has 164 valence electrons. The van der Waals surface area contributed by atoms with Crippen molar-refractivity contribution in [2.75, 3.05) is 27.2 Å². The predicted molar refractivity (Wildman–Crippen MR) is 128 cm³/mol. The first-order valence-electron chi connectivity index (χ1n) is 11.0. The lowest BCUT2D eigenvalue weighted by Gasteiger charge is -2.20. The summed E-state index contributed by atoms with van der Waals surface area (Å²) >= 11 is 0. The Morgan fingerprint density at radius 1 is 1.00 bits per heavy atom. The molecule has 5 heteroatoms. The van der Waals surface area contributed by atoms with Crippen LogP contribution < -0.4 is 15.0 Å². The van der Waals surface area contributed by atoms with Gasteiger partial charge in [0.2, 0.25) is 0 Å². The van der Waals surface area contributed by atoms with Gasteiger partial charge in [0.25, 0.3) is 5.91 Å². The topological polar surface area (TPSA) is 58.6 Å². The molecule has 0 saturated heterocycles. The zero-order valence-electron chi connectivity index (χ0n) is 18.6. The van der Waals surface area contributed by atoms with Gasteiger partial charge >= 0.3 is 0 Å². The molecule has 32 heavy (non-hydrogen) atoms. The Bertz CT molecular complexity index is 1150. The number of quaternary nitrogens is 1. The van der Waals surface area contributed by atoms with Gasteiger partial charge in [-0.1, -0.05) is 60.7 Å². The molecule has 0 spiro atoms. The van der Waals surface area contributed by atoms with Crippen molar-refractivity contribution in [1.29, 1.82) is 0 Å². The van der Waals surface area contributed by atoms with Crippen molar-refractivity contribution in [2.45, 2.75) is 12.5 Å². The van der Waals surface area contributed by atoms with Crippen LogP contribution in [0.2, 0.25) is 0 Å². The van der Waals surface area contributed by atoms with Crippen LogP contribution in [0, 0.1) is 0 Å². The summed E-state index contributed by atoms with van der Waals surface area (Å²) in [5.41, 5.74) is 4.64. The van der Waals surface area contributed by atoms with E-state index in [9.17, 15) is 4.79 Å². The third kappa shape index (κ3) is 5.18. The lowest BCUT2D eigenvalue weighted by atomic mass is 9.90. The van der Waals surface area contributed by atoms with Crippen molar-refractivity contribution in [3.63, 3.8) is 0 Å². The Labute approximate surface area is 189 Å². The van der Waals surface area contributed by atoms with Crippen molar-refractivity contribution in [2.24, 2.45) is 0 Å². The zero-order valence-corrected chi connectivity index (χ0v) is 18.6. The average Bonchev–Trinajstić information content (AvgIpc) is 3.24. The number of hydrogen-bond acceptors (Lipinski definition) is 2. The number of fused-ring (bicyclic) bond motifs is 1. The Morgan fingerprint density at radius 2 is 1.72 bits per heavy atom. The molecule has 1 amide bonds. The van der Waals surface area contributed by atoms with Gasteiger partial charge in [0, 0.05) is 35.1 Å². The van der Waals surface area contributed by atoms with Crippen molar-refractivity contribution in [3.8, 4) is 5.75 Å². The number of aromatic nitrogens is 1. The minimum atomic E-state index is 0.0374. The SMILES string of the molecule is COc1ccc([C@@H](CNC(=O)C[NH+](C)Cc2ccccc2)c2c[nH]c3ccccc23)cc1. The third-order valence-corrected chi connectivity index (χ3v) is 5.83. The molecule has 3 aromatic carbocycles. The normalized spacial score (nSPS) is 12.9. The molecule has 0 aliphatic carbocycles. The van der Waals surface area contributed by atoms with Crippen LogP contribution in [0.1, 0.15) is 22.6 Å². The number of methoxy groups -OCH3 is 1. The predicted octanol–water partition coefficient (Wildman–Crippen LogP) is 3.14. The highest BCUT2D eigenvalue weighted by Gasteiger charge is 2.20. The molecule has 1 unspecified atom stereocenters. The van der Waals surface area contributed by atoms with Crippen LogP contribution in [0.25, 0.3) is 10.9 Å². The van der Waals surface area contributed by atoms with Gasteiger partial charge in [-0.3, -0.25) is 4.79 Å². The molecule has 5 nitrogen and oxygen atoms in total. The molecule has 0 bridgehead atoms. The fourth-order valence-electron chi connectivity index (χ4n) is 4.19. The van der Waals surface area contributed by atoms with E-state index in [0.29, 0.717) is 13.1 Å². The van der Waals surface area contributed by atoms with E-state index in [1.165, 1.54) is 16.5 Å². The molecule has 1 aromatic heterocycles. The van der Waals surface area contributed by atoms with Crippen LogP contribution in [-0.4, -0.2) is 38.1 Å². The number of hydrogen-bond donors (Lipinski definition) is 3. The standard InChI is InChI=1S/C27H29N3O2/c1-30(18-20-8-4-3-5-9-20)19-27(31)29-16-24(21-12-14-22(32-2)15-13-21)25-17-28-26-11-7-6-10-23(25)26/h3-15,17,24,28H,16,18-19H2,1-2H3,(H,29,31)/p+1/t24-/m1/s1. The number of nitrogens with one attached hydrogen (secondary N) is 3. The van der Waals surface area contributed by atoms with Gasteiger partial charge in [-0.05, 0) is 29.3 Å². The van der Waals surface area contributed by atoms with Crippen LogP contribution in [-0.2, 0) is 11.3 Å². The molecule has 2 atom stereocenters. The van der Waals surface area contributed by atoms with E-state index < -0.39 is 0 Å². The summed E-state index contributed by atoms with van der Waals surface area (Å²) in [6, 6.07) is 26.6. The van der Waals surface area contributed by atoms with Crippen LogP contribution in [0.3, 0.4) is 0 Å². The zero-order chi connectivity index (χ0) is 22.3. The molecule has 0 radical (unpaired) electrons. The third-order valence-electron chi connectivity index (χ3n) is 5.83. The van der Waals surface area contributed by atoms with Crippen molar-refractivity contribution >= 4 is 16.8 Å². The molecular weight excluding hydrogens is 398 g/mol. The molecule has 1 heterocycles.